The van der Waals surface area contributed by atoms with Crippen molar-refractivity contribution in [1.82, 2.24) is 0 Å². The van der Waals surface area contributed by atoms with Crippen molar-refractivity contribution in [3.8, 4) is 11.5 Å². The van der Waals surface area contributed by atoms with Gasteiger partial charge in [0.2, 0.25) is 0 Å². The van der Waals surface area contributed by atoms with Crippen LogP contribution in [0.25, 0.3) is 0 Å². The molecule has 0 saturated carbocycles. The zero-order valence-electron chi connectivity index (χ0n) is 9.40. The van der Waals surface area contributed by atoms with E-state index in [1.165, 1.54) is 0 Å². The molecule has 3 heteroatoms. The number of aliphatic hydroxyl groups excluding tert-OH is 1. The van der Waals surface area contributed by atoms with Gasteiger partial charge in [0.1, 0.15) is 13.2 Å². The van der Waals surface area contributed by atoms with E-state index in [0.29, 0.717) is 25.4 Å². The van der Waals surface area contributed by atoms with E-state index in [0.717, 1.165) is 16.9 Å². The van der Waals surface area contributed by atoms with Crippen LogP contribution in [0.3, 0.4) is 0 Å². The quantitative estimate of drug-likeness (QED) is 0.795. The Morgan fingerprint density at radius 3 is 2.75 bits per heavy atom. The van der Waals surface area contributed by atoms with Crippen molar-refractivity contribution >= 4 is 0 Å². The normalized spacial score (nSPS) is 15.6. The zero-order chi connectivity index (χ0) is 11.5. The molecule has 0 radical (unpaired) electrons. The van der Waals surface area contributed by atoms with Crippen LogP contribution in [0.5, 0.6) is 11.5 Å². The number of hydrogen-bond acceptors (Lipinski definition) is 3. The number of ether oxygens (including phenoxy) is 2. The molecule has 0 fully saturated rings. The fraction of sp³-hybridized carbons (Fsp3) is 0.385. The first-order valence-electron chi connectivity index (χ1n) is 5.39. The standard InChI is InChI=1S/C13H16O3/c1-9(2)7-11(14)10-3-4-12-13(8-10)16-6-5-15-12/h3-4,8,11,14H,1,5-7H2,2H3. The van der Waals surface area contributed by atoms with Crippen molar-refractivity contribution < 1.29 is 14.6 Å². The molecule has 0 aromatic heterocycles. The molecular weight excluding hydrogens is 204 g/mol. The van der Waals surface area contributed by atoms with Crippen LogP contribution in [-0.4, -0.2) is 18.3 Å². The van der Waals surface area contributed by atoms with Crippen LogP contribution in [0.4, 0.5) is 0 Å². The molecule has 1 aliphatic rings. The van der Waals surface area contributed by atoms with E-state index in [2.05, 4.69) is 6.58 Å². The first-order chi connectivity index (χ1) is 7.66. The second-order valence-corrected chi connectivity index (χ2v) is 4.08. The summed E-state index contributed by atoms with van der Waals surface area (Å²) in [6.45, 7) is 6.84. The fourth-order valence-electron chi connectivity index (χ4n) is 1.72. The van der Waals surface area contributed by atoms with Crippen molar-refractivity contribution in [1.29, 1.82) is 0 Å². The van der Waals surface area contributed by atoms with E-state index in [1.807, 2.05) is 25.1 Å². The summed E-state index contributed by atoms with van der Waals surface area (Å²) in [5.41, 5.74) is 1.80. The average Bonchev–Trinajstić information content (AvgIpc) is 2.27. The van der Waals surface area contributed by atoms with Gasteiger partial charge in [-0.05, 0) is 31.0 Å². The summed E-state index contributed by atoms with van der Waals surface area (Å²) < 4.78 is 10.9. The average molecular weight is 220 g/mol. The molecular formula is C13H16O3. The summed E-state index contributed by atoms with van der Waals surface area (Å²) in [7, 11) is 0. The van der Waals surface area contributed by atoms with Gasteiger partial charge in [-0.2, -0.15) is 0 Å². The van der Waals surface area contributed by atoms with Gasteiger partial charge in [-0.25, -0.2) is 0 Å². The predicted molar refractivity (Wildman–Crippen MR) is 61.8 cm³/mol. The van der Waals surface area contributed by atoms with E-state index in [1.54, 1.807) is 0 Å². The van der Waals surface area contributed by atoms with Crippen LogP contribution in [-0.2, 0) is 0 Å². The first-order valence-corrected chi connectivity index (χ1v) is 5.39. The van der Waals surface area contributed by atoms with Crippen LogP contribution >= 0.6 is 0 Å². The Bertz CT molecular complexity index is 398. The maximum atomic E-state index is 9.94. The summed E-state index contributed by atoms with van der Waals surface area (Å²) in [6.07, 6.45) is 0.0490. The highest BCUT2D eigenvalue weighted by molar-refractivity contribution is 5.44. The lowest BCUT2D eigenvalue weighted by Gasteiger charge is -2.20. The highest BCUT2D eigenvalue weighted by atomic mass is 16.6. The third-order valence-electron chi connectivity index (χ3n) is 2.49. The second kappa shape index (κ2) is 4.58. The van der Waals surface area contributed by atoms with E-state index in [9.17, 15) is 5.11 Å². The minimum atomic E-state index is -0.520. The number of hydrogen-bond donors (Lipinski definition) is 1. The second-order valence-electron chi connectivity index (χ2n) is 4.08. The number of fused-ring (bicyclic) bond motifs is 1. The molecule has 86 valence electrons. The smallest absolute Gasteiger partial charge is 0.161 e. The Morgan fingerprint density at radius 1 is 1.38 bits per heavy atom. The third-order valence-corrected chi connectivity index (χ3v) is 2.49. The maximum Gasteiger partial charge on any atom is 0.161 e. The van der Waals surface area contributed by atoms with Crippen molar-refractivity contribution in [3.05, 3.63) is 35.9 Å². The van der Waals surface area contributed by atoms with E-state index in [4.69, 9.17) is 9.47 Å². The van der Waals surface area contributed by atoms with Crippen LogP contribution in [0.15, 0.2) is 30.4 Å². The molecule has 0 saturated heterocycles. The van der Waals surface area contributed by atoms with Gasteiger partial charge in [0.15, 0.2) is 11.5 Å². The van der Waals surface area contributed by atoms with E-state index in [-0.39, 0.29) is 0 Å². The molecule has 1 heterocycles. The largest absolute Gasteiger partial charge is 0.486 e. The van der Waals surface area contributed by atoms with Crippen molar-refractivity contribution in [2.24, 2.45) is 0 Å². The summed E-state index contributed by atoms with van der Waals surface area (Å²) >= 11 is 0. The summed E-state index contributed by atoms with van der Waals surface area (Å²) in [5.74, 6) is 1.46. The van der Waals surface area contributed by atoms with Gasteiger partial charge < -0.3 is 14.6 Å². The summed E-state index contributed by atoms with van der Waals surface area (Å²) in [4.78, 5) is 0. The van der Waals surface area contributed by atoms with Crippen LogP contribution in [0.2, 0.25) is 0 Å². The summed E-state index contributed by atoms with van der Waals surface area (Å²) in [6, 6.07) is 5.54. The van der Waals surface area contributed by atoms with Gasteiger partial charge in [0.05, 0.1) is 6.10 Å². The molecule has 0 aliphatic carbocycles. The molecule has 0 spiro atoms. The highest BCUT2D eigenvalue weighted by Gasteiger charge is 2.15. The van der Waals surface area contributed by atoms with Crippen LogP contribution in [0.1, 0.15) is 25.0 Å². The molecule has 1 unspecified atom stereocenters. The molecule has 1 atom stereocenters. The molecule has 0 bridgehead atoms. The highest BCUT2D eigenvalue weighted by Crippen LogP contribution is 2.33. The maximum absolute atomic E-state index is 9.94. The van der Waals surface area contributed by atoms with Crippen LogP contribution < -0.4 is 9.47 Å². The predicted octanol–water partition coefficient (Wildman–Crippen LogP) is 2.46. The topological polar surface area (TPSA) is 38.7 Å². The Labute approximate surface area is 95.3 Å². The van der Waals surface area contributed by atoms with Crippen molar-refractivity contribution in [2.45, 2.75) is 19.4 Å². The Balaban J connectivity index is 2.19. The minimum Gasteiger partial charge on any atom is -0.486 e. The SMILES string of the molecule is C=C(C)CC(O)c1ccc2c(c1)OCCO2. The van der Waals surface area contributed by atoms with E-state index >= 15 is 0 Å². The molecule has 1 aromatic rings. The number of rotatable bonds is 3. The fourth-order valence-corrected chi connectivity index (χ4v) is 1.72. The van der Waals surface area contributed by atoms with Gasteiger partial charge in [-0.1, -0.05) is 11.6 Å². The lowest BCUT2D eigenvalue weighted by Crippen LogP contribution is -2.15. The molecule has 2 rings (SSSR count). The molecule has 1 aliphatic heterocycles. The van der Waals surface area contributed by atoms with Gasteiger partial charge in [0, 0.05) is 0 Å². The van der Waals surface area contributed by atoms with Gasteiger partial charge in [-0.15, -0.1) is 6.58 Å². The number of aliphatic hydroxyl groups is 1. The molecule has 0 amide bonds. The lowest BCUT2D eigenvalue weighted by atomic mass is 10.0. The van der Waals surface area contributed by atoms with Gasteiger partial charge in [-0.3, -0.25) is 0 Å². The minimum absolute atomic E-state index is 0.520. The lowest BCUT2D eigenvalue weighted by molar-refractivity contribution is 0.164. The molecule has 16 heavy (non-hydrogen) atoms. The van der Waals surface area contributed by atoms with Crippen molar-refractivity contribution in [2.75, 3.05) is 13.2 Å². The Morgan fingerprint density at radius 2 is 2.06 bits per heavy atom. The van der Waals surface area contributed by atoms with Gasteiger partial charge >= 0.3 is 0 Å². The van der Waals surface area contributed by atoms with Gasteiger partial charge in [0.25, 0.3) is 0 Å². The molecule has 1 N–H and O–H groups in total. The number of benzene rings is 1. The Hall–Kier alpha value is -1.48. The van der Waals surface area contributed by atoms with E-state index < -0.39 is 6.10 Å². The molecule has 1 aromatic carbocycles. The third kappa shape index (κ3) is 2.36. The van der Waals surface area contributed by atoms with Crippen molar-refractivity contribution in [3.63, 3.8) is 0 Å². The molecule has 3 nitrogen and oxygen atoms in total. The zero-order valence-corrected chi connectivity index (χ0v) is 9.40. The summed E-state index contributed by atoms with van der Waals surface area (Å²) in [5, 5.41) is 9.94. The Kier molecular flexibility index (Phi) is 3.15. The van der Waals surface area contributed by atoms with Crippen LogP contribution in [0, 0.1) is 0 Å². The first kappa shape index (κ1) is 11.0. The monoisotopic (exact) mass is 220 g/mol.